The summed E-state index contributed by atoms with van der Waals surface area (Å²) < 4.78 is 75.0. The number of hydrogen-bond acceptors (Lipinski definition) is 7. The van der Waals surface area contributed by atoms with Crippen LogP contribution in [0.4, 0.5) is 19.1 Å². The zero-order chi connectivity index (χ0) is 22.7. The highest BCUT2D eigenvalue weighted by molar-refractivity contribution is 7.90. The number of guanidine groups is 1. The van der Waals surface area contributed by atoms with E-state index < -0.39 is 44.2 Å². The van der Waals surface area contributed by atoms with Crippen molar-refractivity contribution >= 4 is 21.9 Å². The van der Waals surface area contributed by atoms with E-state index >= 15 is 0 Å². The van der Waals surface area contributed by atoms with Crippen LogP contribution < -0.4 is 15.0 Å². The first-order chi connectivity index (χ1) is 14.5. The summed E-state index contributed by atoms with van der Waals surface area (Å²) in [6.07, 6.45) is 0. The van der Waals surface area contributed by atoms with Crippen LogP contribution in [0.25, 0.3) is 0 Å². The third-order valence-electron chi connectivity index (χ3n) is 5.63. The molecule has 2 aliphatic heterocycles. The van der Waals surface area contributed by atoms with Gasteiger partial charge in [0.2, 0.25) is 27.7 Å². The maximum absolute atomic E-state index is 14.8. The van der Waals surface area contributed by atoms with E-state index in [1.807, 2.05) is 0 Å². The predicted molar refractivity (Wildman–Crippen MR) is 105 cm³/mol. The molecule has 1 aromatic carbocycles. The van der Waals surface area contributed by atoms with Crippen molar-refractivity contribution in [2.45, 2.75) is 17.7 Å². The van der Waals surface area contributed by atoms with E-state index in [2.05, 4.69) is 15.3 Å². The number of fused-ring (bicyclic) bond motifs is 1. The lowest BCUT2D eigenvalue weighted by Gasteiger charge is -2.43. The fourth-order valence-corrected chi connectivity index (χ4v) is 5.83. The normalized spacial score (nSPS) is 24.7. The molecule has 1 aromatic heterocycles. The van der Waals surface area contributed by atoms with Gasteiger partial charge < -0.3 is 15.0 Å². The molecule has 2 aromatic rings. The third-order valence-corrected chi connectivity index (χ3v) is 7.85. The Hall–Kier alpha value is -3.09. The van der Waals surface area contributed by atoms with E-state index in [1.165, 1.54) is 26.0 Å². The predicted octanol–water partition coefficient (Wildman–Crippen LogP) is 1.09. The fraction of sp³-hybridized carbons (Fsp3) is 0.389. The van der Waals surface area contributed by atoms with Crippen molar-refractivity contribution in [3.05, 3.63) is 46.9 Å². The van der Waals surface area contributed by atoms with Crippen molar-refractivity contribution in [1.82, 2.24) is 19.6 Å². The van der Waals surface area contributed by atoms with E-state index in [-0.39, 0.29) is 36.2 Å². The summed E-state index contributed by atoms with van der Waals surface area (Å²) in [5, 5.41) is 9.54. The smallest absolute Gasteiger partial charge is 0.255 e. The minimum absolute atomic E-state index is 0.0246. The van der Waals surface area contributed by atoms with Gasteiger partial charge in [-0.1, -0.05) is 0 Å². The van der Waals surface area contributed by atoms with Gasteiger partial charge in [0, 0.05) is 25.7 Å². The number of rotatable bonds is 3. The van der Waals surface area contributed by atoms with E-state index in [9.17, 15) is 21.6 Å². The standard InChI is InChI=1S/C18H19F3N6O3S/c1-9-14(21)15(30-3)24-17(23-9)27-7-13-18(8-27,11-6-10(19)4-5-12(11)20)25-16(22)26(2)31(13,28)29/h4-6,13H,7-8H2,1-3H3,(H2,22,25)/t13?,18-/m1/s1. The maximum atomic E-state index is 14.8. The Morgan fingerprint density at radius 3 is 2.68 bits per heavy atom. The molecule has 166 valence electrons. The number of sulfonamides is 1. The molecule has 4 rings (SSSR count). The van der Waals surface area contributed by atoms with Crippen molar-refractivity contribution in [2.24, 2.45) is 0 Å². The number of nitrogens with zero attached hydrogens (tertiary/aromatic N) is 4. The Balaban J connectivity index is 1.91. The van der Waals surface area contributed by atoms with Crippen molar-refractivity contribution in [2.75, 3.05) is 32.1 Å². The van der Waals surface area contributed by atoms with Gasteiger partial charge in [0.25, 0.3) is 5.88 Å². The molecule has 2 saturated heterocycles. The van der Waals surface area contributed by atoms with Crippen LogP contribution in [0.2, 0.25) is 0 Å². The van der Waals surface area contributed by atoms with Gasteiger partial charge in [0.05, 0.1) is 12.8 Å². The second-order valence-electron chi connectivity index (χ2n) is 7.38. The SMILES string of the molecule is COc1nc(N2CC3[C@](c4cc(F)ccc4F)(C2)NC(=N)N(C)S3(=O)=O)nc(C)c1F. The highest BCUT2D eigenvalue weighted by atomic mass is 32.2. The molecule has 0 amide bonds. The van der Waals surface area contributed by atoms with Gasteiger partial charge in [0.1, 0.15) is 22.4 Å². The Kier molecular flexibility index (Phi) is 4.76. The number of halogens is 3. The van der Waals surface area contributed by atoms with Crippen LogP contribution in [0.3, 0.4) is 0 Å². The zero-order valence-corrected chi connectivity index (χ0v) is 17.6. The molecule has 13 heteroatoms. The van der Waals surface area contributed by atoms with Crippen LogP contribution in [-0.4, -0.2) is 61.1 Å². The quantitative estimate of drug-likeness (QED) is 0.711. The minimum atomic E-state index is -4.14. The average Bonchev–Trinajstić information content (AvgIpc) is 3.11. The molecule has 0 radical (unpaired) electrons. The lowest BCUT2D eigenvalue weighted by Crippen LogP contribution is -2.67. The van der Waals surface area contributed by atoms with Gasteiger partial charge in [-0.15, -0.1) is 0 Å². The molecule has 3 heterocycles. The highest BCUT2D eigenvalue weighted by Gasteiger charge is 2.60. The Morgan fingerprint density at radius 2 is 2.00 bits per heavy atom. The van der Waals surface area contributed by atoms with Crippen molar-refractivity contribution in [3.63, 3.8) is 0 Å². The summed E-state index contributed by atoms with van der Waals surface area (Å²) in [4.78, 5) is 9.49. The maximum Gasteiger partial charge on any atom is 0.255 e. The first kappa shape index (κ1) is 21.2. The van der Waals surface area contributed by atoms with Gasteiger partial charge in [-0.05, 0) is 25.1 Å². The summed E-state index contributed by atoms with van der Waals surface area (Å²) in [6, 6.07) is 2.73. The second-order valence-corrected chi connectivity index (χ2v) is 9.53. The van der Waals surface area contributed by atoms with E-state index in [0.29, 0.717) is 0 Å². The lowest BCUT2D eigenvalue weighted by atomic mass is 9.87. The van der Waals surface area contributed by atoms with E-state index in [0.717, 1.165) is 22.5 Å². The highest BCUT2D eigenvalue weighted by Crippen LogP contribution is 2.42. The van der Waals surface area contributed by atoms with Gasteiger partial charge in [-0.2, -0.15) is 9.37 Å². The largest absolute Gasteiger partial charge is 0.479 e. The minimum Gasteiger partial charge on any atom is -0.479 e. The van der Waals surface area contributed by atoms with Crippen LogP contribution >= 0.6 is 0 Å². The summed E-state index contributed by atoms with van der Waals surface area (Å²) in [7, 11) is -1.72. The fourth-order valence-electron chi connectivity index (χ4n) is 4.01. The lowest BCUT2D eigenvalue weighted by molar-refractivity contribution is 0.361. The van der Waals surface area contributed by atoms with Crippen molar-refractivity contribution in [1.29, 1.82) is 5.41 Å². The van der Waals surface area contributed by atoms with Crippen LogP contribution in [0.5, 0.6) is 5.88 Å². The van der Waals surface area contributed by atoms with Gasteiger partial charge in [0.15, 0.2) is 0 Å². The zero-order valence-electron chi connectivity index (χ0n) is 16.8. The Labute approximate surface area is 176 Å². The van der Waals surface area contributed by atoms with Gasteiger partial charge in [-0.25, -0.2) is 26.5 Å². The molecule has 0 spiro atoms. The average molecular weight is 456 g/mol. The molecule has 2 atom stereocenters. The molecular weight excluding hydrogens is 437 g/mol. The molecule has 0 aliphatic carbocycles. The first-order valence-corrected chi connectivity index (χ1v) is 10.6. The Bertz CT molecular complexity index is 1190. The third kappa shape index (κ3) is 3.06. The molecule has 9 nitrogen and oxygen atoms in total. The topological polar surface area (TPSA) is 112 Å². The molecule has 31 heavy (non-hydrogen) atoms. The summed E-state index contributed by atoms with van der Waals surface area (Å²) in [5.41, 5.74) is -1.97. The molecular formula is C18H19F3N6O3S. The molecule has 1 unspecified atom stereocenters. The number of benzene rings is 1. The number of anilines is 1. The van der Waals surface area contributed by atoms with Crippen LogP contribution in [0, 0.1) is 29.8 Å². The Morgan fingerprint density at radius 1 is 1.29 bits per heavy atom. The van der Waals surface area contributed by atoms with Crippen molar-refractivity contribution in [3.8, 4) is 5.88 Å². The second kappa shape index (κ2) is 6.97. The van der Waals surface area contributed by atoms with E-state index in [1.54, 1.807) is 0 Å². The van der Waals surface area contributed by atoms with E-state index in [4.69, 9.17) is 10.1 Å². The number of aromatic nitrogens is 2. The summed E-state index contributed by atoms with van der Waals surface area (Å²) in [5.74, 6) is -3.21. The van der Waals surface area contributed by atoms with Crippen molar-refractivity contribution < 1.29 is 26.3 Å². The molecule has 0 saturated carbocycles. The number of ether oxygens (including phenoxy) is 1. The molecule has 2 aliphatic rings. The molecule has 2 N–H and O–H groups in total. The van der Waals surface area contributed by atoms with Crippen LogP contribution in [-0.2, 0) is 15.6 Å². The van der Waals surface area contributed by atoms with Gasteiger partial charge in [-0.3, -0.25) is 5.41 Å². The number of nitrogens with one attached hydrogen (secondary N) is 2. The molecule has 2 fully saturated rings. The summed E-state index contributed by atoms with van der Waals surface area (Å²) in [6.45, 7) is 0.964. The summed E-state index contributed by atoms with van der Waals surface area (Å²) >= 11 is 0. The molecule has 0 bridgehead atoms. The number of methoxy groups -OCH3 is 1. The van der Waals surface area contributed by atoms with Gasteiger partial charge >= 0.3 is 0 Å². The first-order valence-electron chi connectivity index (χ1n) is 9.14. The number of aryl methyl sites for hydroxylation is 1. The monoisotopic (exact) mass is 456 g/mol. The number of hydrogen-bond donors (Lipinski definition) is 2. The van der Waals surface area contributed by atoms with Crippen LogP contribution in [0.1, 0.15) is 11.3 Å². The van der Waals surface area contributed by atoms with Crippen LogP contribution in [0.15, 0.2) is 18.2 Å².